The first-order valence-corrected chi connectivity index (χ1v) is 12.3. The number of carboxylic acids is 1. The Balaban J connectivity index is 1.62. The lowest BCUT2D eigenvalue weighted by molar-refractivity contribution is -0.138. The van der Waals surface area contributed by atoms with Crippen LogP contribution in [0.25, 0.3) is 0 Å². The van der Waals surface area contributed by atoms with E-state index in [0.717, 1.165) is 11.1 Å². The van der Waals surface area contributed by atoms with Crippen molar-refractivity contribution in [2.45, 2.75) is 38.9 Å². The van der Waals surface area contributed by atoms with Crippen LogP contribution in [0.4, 0.5) is 16.2 Å². The van der Waals surface area contributed by atoms with Gasteiger partial charge in [-0.2, -0.15) is 0 Å². The third-order valence-corrected chi connectivity index (χ3v) is 6.30. The van der Waals surface area contributed by atoms with E-state index >= 15 is 0 Å². The zero-order valence-electron chi connectivity index (χ0n) is 22.0. The van der Waals surface area contributed by atoms with E-state index in [1.54, 1.807) is 25.2 Å². The number of amides is 3. The van der Waals surface area contributed by atoms with E-state index in [4.69, 9.17) is 4.74 Å². The highest BCUT2D eigenvalue weighted by atomic mass is 16.5. The fourth-order valence-corrected chi connectivity index (χ4v) is 4.12. The maximum Gasteiger partial charge on any atom is 0.323 e. The fraction of sp³-hybridized carbons (Fsp3) is 0.276. The normalized spacial score (nSPS) is 12.3. The van der Waals surface area contributed by atoms with E-state index in [0.29, 0.717) is 22.7 Å². The topological polar surface area (TPSA) is 120 Å². The number of benzene rings is 3. The minimum atomic E-state index is -0.919. The molecule has 0 bridgehead atoms. The average molecular weight is 519 g/mol. The monoisotopic (exact) mass is 518 g/mol. The number of hydrogen-bond donors (Lipinski definition) is 4. The van der Waals surface area contributed by atoms with Gasteiger partial charge in [-0.15, -0.1) is 0 Å². The number of carboxylic acid groups (broad SMARTS) is 1. The van der Waals surface area contributed by atoms with Gasteiger partial charge in [-0.05, 0) is 55.8 Å². The second-order valence-electron chi connectivity index (χ2n) is 9.04. The van der Waals surface area contributed by atoms with Gasteiger partial charge in [0.2, 0.25) is 5.91 Å². The van der Waals surface area contributed by atoms with Crippen molar-refractivity contribution in [2.24, 2.45) is 0 Å². The molecule has 38 heavy (non-hydrogen) atoms. The van der Waals surface area contributed by atoms with Crippen LogP contribution in [-0.2, 0) is 16.0 Å². The first-order valence-electron chi connectivity index (χ1n) is 12.3. The molecule has 9 nitrogen and oxygen atoms in total. The quantitative estimate of drug-likeness (QED) is 0.271. The van der Waals surface area contributed by atoms with Crippen LogP contribution in [0, 0.1) is 6.92 Å². The SMILES string of the molecule is COc1cc(CC(=O)NC(C)N(C)C(CC(=O)O)c2ccccc2)ccc1NC(=O)Nc1ccccc1C. The molecule has 2 unspecified atom stereocenters. The van der Waals surface area contributed by atoms with Crippen LogP contribution >= 0.6 is 0 Å². The third-order valence-electron chi connectivity index (χ3n) is 6.30. The zero-order valence-corrected chi connectivity index (χ0v) is 22.0. The van der Waals surface area contributed by atoms with Gasteiger partial charge in [0.15, 0.2) is 0 Å². The maximum atomic E-state index is 12.8. The van der Waals surface area contributed by atoms with E-state index in [9.17, 15) is 19.5 Å². The minimum Gasteiger partial charge on any atom is -0.495 e. The largest absolute Gasteiger partial charge is 0.495 e. The van der Waals surface area contributed by atoms with E-state index in [2.05, 4.69) is 16.0 Å². The van der Waals surface area contributed by atoms with Crippen molar-refractivity contribution in [2.75, 3.05) is 24.8 Å². The Morgan fingerprint density at radius 2 is 1.61 bits per heavy atom. The Kier molecular flexibility index (Phi) is 9.84. The Hall–Kier alpha value is -4.37. The van der Waals surface area contributed by atoms with Crippen LogP contribution in [0.2, 0.25) is 0 Å². The molecule has 3 amide bonds. The zero-order chi connectivity index (χ0) is 27.7. The predicted molar refractivity (Wildman–Crippen MR) is 147 cm³/mol. The molecule has 3 aromatic rings. The molecule has 4 N–H and O–H groups in total. The summed E-state index contributed by atoms with van der Waals surface area (Å²) in [6.07, 6.45) is -0.428. The standard InChI is InChI=1S/C29H34N4O5/c1-19-10-8-9-13-23(19)31-29(37)32-24-15-14-21(16-26(24)38-4)17-27(34)30-20(2)33(3)25(18-28(35)36)22-11-6-5-7-12-22/h5-16,20,25H,17-18H2,1-4H3,(H,30,34)(H,35,36)(H2,31,32,37). The molecule has 0 aliphatic rings. The van der Waals surface area contributed by atoms with Gasteiger partial charge in [-0.25, -0.2) is 4.79 Å². The summed E-state index contributed by atoms with van der Waals surface area (Å²) >= 11 is 0. The highest BCUT2D eigenvalue weighted by molar-refractivity contribution is 6.01. The number of aryl methyl sites for hydroxylation is 1. The summed E-state index contributed by atoms with van der Waals surface area (Å²) in [7, 11) is 3.28. The van der Waals surface area contributed by atoms with Gasteiger partial charge in [-0.3, -0.25) is 14.5 Å². The van der Waals surface area contributed by atoms with Crippen molar-refractivity contribution in [1.29, 1.82) is 0 Å². The van der Waals surface area contributed by atoms with Crippen molar-refractivity contribution in [3.8, 4) is 5.75 Å². The first kappa shape index (κ1) is 28.2. The lowest BCUT2D eigenvalue weighted by Crippen LogP contribution is -2.46. The van der Waals surface area contributed by atoms with Crippen molar-refractivity contribution >= 4 is 29.3 Å². The van der Waals surface area contributed by atoms with E-state index in [1.165, 1.54) is 7.11 Å². The smallest absolute Gasteiger partial charge is 0.323 e. The molecular formula is C29H34N4O5. The number of carbonyl (C=O) groups is 3. The highest BCUT2D eigenvalue weighted by Crippen LogP contribution is 2.27. The number of ether oxygens (including phenoxy) is 1. The van der Waals surface area contributed by atoms with E-state index < -0.39 is 24.2 Å². The fourth-order valence-electron chi connectivity index (χ4n) is 4.12. The number of aliphatic carboxylic acids is 1. The lowest BCUT2D eigenvalue weighted by Gasteiger charge is -2.33. The number of nitrogens with zero attached hydrogens (tertiary/aromatic N) is 1. The summed E-state index contributed by atoms with van der Waals surface area (Å²) in [5, 5.41) is 17.9. The summed E-state index contributed by atoms with van der Waals surface area (Å²) in [5.74, 6) is -0.727. The van der Waals surface area contributed by atoms with Gasteiger partial charge >= 0.3 is 12.0 Å². The van der Waals surface area contributed by atoms with Crippen LogP contribution in [-0.4, -0.2) is 48.2 Å². The van der Waals surface area contributed by atoms with Crippen molar-refractivity contribution < 1.29 is 24.2 Å². The first-order chi connectivity index (χ1) is 18.2. The molecule has 0 heterocycles. The number of urea groups is 1. The number of para-hydroxylation sites is 1. The second kappa shape index (κ2) is 13.3. The number of nitrogens with one attached hydrogen (secondary N) is 3. The predicted octanol–water partition coefficient (Wildman–Crippen LogP) is 4.80. The number of rotatable bonds is 11. The molecule has 200 valence electrons. The molecule has 2 atom stereocenters. The van der Waals surface area contributed by atoms with E-state index in [1.807, 2.05) is 73.3 Å². The van der Waals surface area contributed by atoms with Gasteiger partial charge in [0.25, 0.3) is 0 Å². The molecule has 0 spiro atoms. The second-order valence-corrected chi connectivity index (χ2v) is 9.04. The maximum absolute atomic E-state index is 12.8. The molecule has 0 fully saturated rings. The van der Waals surface area contributed by atoms with E-state index in [-0.39, 0.29) is 18.7 Å². The van der Waals surface area contributed by atoms with Crippen molar-refractivity contribution in [3.05, 3.63) is 89.5 Å². The molecule has 0 saturated heterocycles. The molecule has 0 aliphatic carbocycles. The summed E-state index contributed by atoms with van der Waals surface area (Å²) in [6, 6.07) is 21.1. The van der Waals surface area contributed by atoms with Crippen LogP contribution in [0.15, 0.2) is 72.8 Å². The number of hydrogen-bond acceptors (Lipinski definition) is 5. The molecule has 0 radical (unpaired) electrons. The molecule has 3 rings (SSSR count). The Labute approximate surface area is 222 Å². The van der Waals surface area contributed by atoms with Crippen LogP contribution in [0.5, 0.6) is 5.75 Å². The third kappa shape index (κ3) is 7.81. The molecule has 9 heteroatoms. The lowest BCUT2D eigenvalue weighted by atomic mass is 10.0. The summed E-state index contributed by atoms with van der Waals surface area (Å²) in [4.78, 5) is 38.6. The minimum absolute atomic E-state index is 0.0825. The number of methoxy groups -OCH3 is 1. The number of anilines is 2. The Morgan fingerprint density at radius 3 is 2.26 bits per heavy atom. The van der Waals surface area contributed by atoms with Gasteiger partial charge < -0.3 is 25.8 Å². The molecule has 0 saturated carbocycles. The molecular weight excluding hydrogens is 484 g/mol. The summed E-state index contributed by atoms with van der Waals surface area (Å²) in [5.41, 5.74) is 3.67. The highest BCUT2D eigenvalue weighted by Gasteiger charge is 2.25. The van der Waals surface area contributed by atoms with Crippen LogP contribution in [0.1, 0.15) is 36.1 Å². The van der Waals surface area contributed by atoms with Gasteiger partial charge in [-0.1, -0.05) is 54.6 Å². The average Bonchev–Trinajstić information content (AvgIpc) is 2.89. The van der Waals surface area contributed by atoms with Crippen molar-refractivity contribution in [1.82, 2.24) is 10.2 Å². The van der Waals surface area contributed by atoms with Gasteiger partial charge in [0, 0.05) is 11.7 Å². The summed E-state index contributed by atoms with van der Waals surface area (Å²) < 4.78 is 5.44. The Bertz CT molecular complexity index is 1260. The molecule has 3 aromatic carbocycles. The number of carbonyl (C=O) groups excluding carboxylic acids is 2. The van der Waals surface area contributed by atoms with Crippen LogP contribution < -0.4 is 20.7 Å². The van der Waals surface area contributed by atoms with Crippen molar-refractivity contribution in [3.63, 3.8) is 0 Å². The Morgan fingerprint density at radius 1 is 0.947 bits per heavy atom. The molecule has 0 aromatic heterocycles. The van der Waals surface area contributed by atoms with Gasteiger partial charge in [0.05, 0.1) is 31.8 Å². The van der Waals surface area contributed by atoms with Crippen LogP contribution in [0.3, 0.4) is 0 Å². The summed E-state index contributed by atoms with van der Waals surface area (Å²) in [6.45, 7) is 3.72. The van der Waals surface area contributed by atoms with Gasteiger partial charge in [0.1, 0.15) is 5.75 Å². The molecule has 0 aliphatic heterocycles.